The van der Waals surface area contributed by atoms with Gasteiger partial charge < -0.3 is 14.7 Å². The van der Waals surface area contributed by atoms with Gasteiger partial charge in [0.15, 0.2) is 0 Å². The minimum Gasteiger partial charge on any atom is -0.306 e. The van der Waals surface area contributed by atoms with E-state index in [1.54, 1.807) is 0 Å². The van der Waals surface area contributed by atoms with E-state index in [1.165, 1.54) is 97.3 Å². The van der Waals surface area contributed by atoms with Crippen molar-refractivity contribution in [2.75, 3.05) is 59.4 Å². The molecular formula is C21H40N4. The molecule has 4 heteroatoms. The van der Waals surface area contributed by atoms with Crippen molar-refractivity contribution < 1.29 is 0 Å². The molecule has 0 aromatic rings. The summed E-state index contributed by atoms with van der Waals surface area (Å²) in [5, 5.41) is 0. The third-order valence-electron chi connectivity index (χ3n) is 7.80. The molecule has 4 aliphatic heterocycles. The highest BCUT2D eigenvalue weighted by Gasteiger charge is 2.35. The van der Waals surface area contributed by atoms with Crippen LogP contribution in [0.4, 0.5) is 0 Å². The van der Waals surface area contributed by atoms with Gasteiger partial charge in [-0.2, -0.15) is 0 Å². The Bertz CT molecular complexity index is 398. The lowest BCUT2D eigenvalue weighted by molar-refractivity contribution is -0.00174. The van der Waals surface area contributed by atoms with E-state index >= 15 is 0 Å². The van der Waals surface area contributed by atoms with Crippen LogP contribution in [-0.4, -0.2) is 97.1 Å². The molecule has 4 aliphatic rings. The molecule has 4 nitrogen and oxygen atoms in total. The SMILES string of the molecule is CCC1CN(C2CCN(C3CCN(C4CCN(C)CC4)CC3)CC2)C1. The fourth-order valence-corrected chi connectivity index (χ4v) is 5.76. The van der Waals surface area contributed by atoms with Gasteiger partial charge in [-0.25, -0.2) is 0 Å². The van der Waals surface area contributed by atoms with Crippen molar-refractivity contribution >= 4 is 0 Å². The molecule has 0 aromatic heterocycles. The van der Waals surface area contributed by atoms with E-state index in [4.69, 9.17) is 0 Å². The Balaban J connectivity index is 1.17. The Kier molecular flexibility index (Phi) is 6.01. The first-order chi connectivity index (χ1) is 12.2. The van der Waals surface area contributed by atoms with Gasteiger partial charge >= 0.3 is 0 Å². The summed E-state index contributed by atoms with van der Waals surface area (Å²) in [4.78, 5) is 10.9. The third kappa shape index (κ3) is 4.23. The zero-order valence-electron chi connectivity index (χ0n) is 16.7. The lowest BCUT2D eigenvalue weighted by atomic mass is 9.90. The average molecular weight is 349 g/mol. The summed E-state index contributed by atoms with van der Waals surface area (Å²) in [5.74, 6) is 1.00. The highest BCUT2D eigenvalue weighted by Crippen LogP contribution is 2.29. The van der Waals surface area contributed by atoms with Gasteiger partial charge in [-0.15, -0.1) is 0 Å². The van der Waals surface area contributed by atoms with Crippen LogP contribution in [-0.2, 0) is 0 Å². The number of hydrogen-bond donors (Lipinski definition) is 0. The Morgan fingerprint density at radius 1 is 0.600 bits per heavy atom. The Morgan fingerprint density at radius 3 is 1.44 bits per heavy atom. The normalized spacial score (nSPS) is 31.4. The van der Waals surface area contributed by atoms with E-state index in [0.29, 0.717) is 0 Å². The summed E-state index contributed by atoms with van der Waals surface area (Å²) < 4.78 is 0. The highest BCUT2D eigenvalue weighted by atomic mass is 15.3. The Morgan fingerprint density at radius 2 is 1.00 bits per heavy atom. The summed E-state index contributed by atoms with van der Waals surface area (Å²) in [5.41, 5.74) is 0. The van der Waals surface area contributed by atoms with Crippen LogP contribution in [0.5, 0.6) is 0 Å². The van der Waals surface area contributed by atoms with Crippen LogP contribution < -0.4 is 0 Å². The lowest BCUT2D eigenvalue weighted by Gasteiger charge is -2.49. The van der Waals surface area contributed by atoms with E-state index < -0.39 is 0 Å². The summed E-state index contributed by atoms with van der Waals surface area (Å²) in [7, 11) is 2.27. The van der Waals surface area contributed by atoms with Crippen LogP contribution in [0.3, 0.4) is 0 Å². The number of nitrogens with zero attached hydrogens (tertiary/aromatic N) is 4. The maximum absolute atomic E-state index is 2.85. The van der Waals surface area contributed by atoms with Crippen molar-refractivity contribution in [2.24, 2.45) is 5.92 Å². The highest BCUT2D eigenvalue weighted by molar-refractivity contribution is 4.91. The van der Waals surface area contributed by atoms with Gasteiger partial charge in [0.05, 0.1) is 0 Å². The maximum atomic E-state index is 2.85. The summed E-state index contributed by atoms with van der Waals surface area (Å²) in [6.45, 7) is 13.1. The molecule has 4 saturated heterocycles. The topological polar surface area (TPSA) is 13.0 Å². The molecule has 0 aliphatic carbocycles. The molecule has 4 rings (SSSR count). The molecule has 0 atom stereocenters. The van der Waals surface area contributed by atoms with Crippen LogP contribution in [0.25, 0.3) is 0 Å². The summed E-state index contributed by atoms with van der Waals surface area (Å²) >= 11 is 0. The molecule has 0 spiro atoms. The van der Waals surface area contributed by atoms with E-state index in [1.807, 2.05) is 0 Å². The first-order valence-electron chi connectivity index (χ1n) is 11.1. The quantitative estimate of drug-likeness (QED) is 0.773. The molecule has 4 heterocycles. The second-order valence-corrected chi connectivity index (χ2v) is 9.30. The maximum Gasteiger partial charge on any atom is 0.0120 e. The van der Waals surface area contributed by atoms with Gasteiger partial charge in [-0.05, 0) is 90.8 Å². The van der Waals surface area contributed by atoms with E-state index in [9.17, 15) is 0 Å². The zero-order chi connectivity index (χ0) is 17.2. The van der Waals surface area contributed by atoms with Crippen LogP contribution in [0, 0.1) is 5.92 Å². The molecule has 0 unspecified atom stereocenters. The molecular weight excluding hydrogens is 308 g/mol. The van der Waals surface area contributed by atoms with E-state index in [-0.39, 0.29) is 0 Å². The molecule has 0 bridgehead atoms. The molecule has 0 amide bonds. The number of rotatable bonds is 4. The smallest absolute Gasteiger partial charge is 0.0120 e. The van der Waals surface area contributed by atoms with Gasteiger partial charge in [0.25, 0.3) is 0 Å². The van der Waals surface area contributed by atoms with Crippen molar-refractivity contribution in [1.82, 2.24) is 19.6 Å². The van der Waals surface area contributed by atoms with Crippen molar-refractivity contribution in [3.05, 3.63) is 0 Å². The van der Waals surface area contributed by atoms with Gasteiger partial charge in [0.1, 0.15) is 0 Å². The summed E-state index contributed by atoms with van der Waals surface area (Å²) in [6.07, 6.45) is 9.84. The average Bonchev–Trinajstić information content (AvgIpc) is 2.62. The monoisotopic (exact) mass is 348 g/mol. The van der Waals surface area contributed by atoms with Crippen LogP contribution in [0.1, 0.15) is 51.9 Å². The Hall–Kier alpha value is -0.160. The predicted octanol–water partition coefficient (Wildman–Crippen LogP) is 2.35. The van der Waals surface area contributed by atoms with Crippen molar-refractivity contribution in [2.45, 2.75) is 70.0 Å². The van der Waals surface area contributed by atoms with Gasteiger partial charge in [0, 0.05) is 31.2 Å². The fraction of sp³-hybridized carbons (Fsp3) is 1.00. The fourth-order valence-electron chi connectivity index (χ4n) is 5.76. The van der Waals surface area contributed by atoms with Gasteiger partial charge in [-0.1, -0.05) is 13.3 Å². The molecule has 0 aromatic carbocycles. The van der Waals surface area contributed by atoms with Gasteiger partial charge in [0.2, 0.25) is 0 Å². The van der Waals surface area contributed by atoms with Crippen molar-refractivity contribution in [1.29, 1.82) is 0 Å². The van der Waals surface area contributed by atoms with Gasteiger partial charge in [-0.3, -0.25) is 4.90 Å². The summed E-state index contributed by atoms with van der Waals surface area (Å²) in [6, 6.07) is 2.66. The second-order valence-electron chi connectivity index (χ2n) is 9.30. The molecule has 144 valence electrons. The molecule has 25 heavy (non-hydrogen) atoms. The minimum atomic E-state index is 0.876. The second kappa shape index (κ2) is 8.24. The number of likely N-dealkylation sites (tertiary alicyclic amines) is 4. The van der Waals surface area contributed by atoms with Crippen molar-refractivity contribution in [3.8, 4) is 0 Å². The zero-order valence-corrected chi connectivity index (χ0v) is 16.7. The standard InChI is InChI=1S/C21H40N4/c1-3-18-16-25(17-18)21-8-14-24(15-9-21)20-6-12-23(13-7-20)19-4-10-22(2)11-5-19/h18-21H,3-17H2,1-2H3. The number of piperidine rings is 3. The molecule has 0 N–H and O–H groups in total. The third-order valence-corrected chi connectivity index (χ3v) is 7.80. The predicted molar refractivity (Wildman–Crippen MR) is 105 cm³/mol. The first-order valence-corrected chi connectivity index (χ1v) is 11.1. The molecule has 0 saturated carbocycles. The molecule has 0 radical (unpaired) electrons. The number of hydrogen-bond acceptors (Lipinski definition) is 4. The van der Waals surface area contributed by atoms with Crippen LogP contribution >= 0.6 is 0 Å². The first kappa shape index (κ1) is 18.2. The Labute approximate surface area is 155 Å². The van der Waals surface area contributed by atoms with Crippen LogP contribution in [0.2, 0.25) is 0 Å². The molecule has 4 fully saturated rings. The van der Waals surface area contributed by atoms with E-state index in [2.05, 4.69) is 33.6 Å². The van der Waals surface area contributed by atoms with Crippen LogP contribution in [0.15, 0.2) is 0 Å². The largest absolute Gasteiger partial charge is 0.306 e. The van der Waals surface area contributed by atoms with E-state index in [0.717, 1.165) is 24.0 Å². The van der Waals surface area contributed by atoms with Crippen molar-refractivity contribution in [3.63, 3.8) is 0 Å². The minimum absolute atomic E-state index is 0.876. The lowest BCUT2D eigenvalue weighted by Crippen LogP contribution is -2.57.